The van der Waals surface area contributed by atoms with E-state index in [-0.39, 0.29) is 0 Å². The van der Waals surface area contributed by atoms with Gasteiger partial charge in [-0.2, -0.15) is 0 Å². The Kier molecular flexibility index (Phi) is 5.05. The highest BCUT2D eigenvalue weighted by Gasteiger charge is 2.14. The zero-order valence-electron chi connectivity index (χ0n) is 13.9. The van der Waals surface area contributed by atoms with Crippen molar-refractivity contribution in [3.8, 4) is 32.6 Å². The van der Waals surface area contributed by atoms with Crippen molar-refractivity contribution >= 4 is 33.9 Å². The van der Waals surface area contributed by atoms with Crippen LogP contribution in [0.25, 0.3) is 21.1 Å². The monoisotopic (exact) mass is 452 g/mol. The van der Waals surface area contributed by atoms with Gasteiger partial charge in [0.2, 0.25) is 0 Å². The Morgan fingerprint density at radius 2 is 1.54 bits per heavy atom. The molecule has 0 unspecified atom stereocenters. The molecule has 0 atom stereocenters. The molecule has 0 amide bonds. The van der Waals surface area contributed by atoms with Crippen molar-refractivity contribution in [3.05, 3.63) is 45.0 Å². The van der Waals surface area contributed by atoms with Gasteiger partial charge >= 0.3 is 0 Å². The molecule has 0 fully saturated rings. The Morgan fingerprint density at radius 3 is 2.25 bits per heavy atom. The van der Waals surface area contributed by atoms with E-state index >= 15 is 0 Å². The molecule has 0 saturated carbocycles. The van der Waals surface area contributed by atoms with Crippen LogP contribution in [0.2, 0.25) is 0 Å². The fourth-order valence-electron chi connectivity index (χ4n) is 2.36. The molecule has 2 aromatic carbocycles. The second-order valence-electron chi connectivity index (χ2n) is 5.40. The molecule has 124 valence electrons. The molecule has 1 heterocycles. The van der Waals surface area contributed by atoms with Gasteiger partial charge in [0.25, 0.3) is 0 Å². The summed E-state index contributed by atoms with van der Waals surface area (Å²) in [5.74, 6) is 1.39. The Hall–Kier alpha value is -1.67. The first-order valence-corrected chi connectivity index (χ1v) is 9.26. The van der Waals surface area contributed by atoms with Gasteiger partial charge < -0.3 is 9.47 Å². The minimum absolute atomic E-state index is 0.688. The van der Waals surface area contributed by atoms with Gasteiger partial charge in [0.1, 0.15) is 10.0 Å². The molecule has 6 heteroatoms. The Balaban J connectivity index is 2.01. The average molecular weight is 452 g/mol. The van der Waals surface area contributed by atoms with Crippen molar-refractivity contribution in [1.29, 1.82) is 0 Å². The molecule has 0 radical (unpaired) electrons. The third kappa shape index (κ3) is 3.25. The number of halogens is 1. The van der Waals surface area contributed by atoms with Crippen LogP contribution in [0.15, 0.2) is 30.3 Å². The molecule has 3 rings (SSSR count). The first-order chi connectivity index (χ1) is 11.5. The summed E-state index contributed by atoms with van der Waals surface area (Å²) in [5.41, 5.74) is 4.64. The summed E-state index contributed by atoms with van der Waals surface area (Å²) >= 11 is 3.93. The molecule has 0 aliphatic rings. The van der Waals surface area contributed by atoms with Gasteiger partial charge in [0.15, 0.2) is 11.5 Å². The van der Waals surface area contributed by atoms with Gasteiger partial charge in [0.05, 0.1) is 14.2 Å². The maximum atomic E-state index is 5.37. The van der Waals surface area contributed by atoms with Crippen LogP contribution in [-0.2, 0) is 0 Å². The summed E-state index contributed by atoms with van der Waals surface area (Å²) in [6, 6.07) is 10.1. The van der Waals surface area contributed by atoms with Crippen molar-refractivity contribution in [2.45, 2.75) is 13.8 Å². The van der Waals surface area contributed by atoms with Gasteiger partial charge in [-0.3, -0.25) is 0 Å². The quantitative estimate of drug-likeness (QED) is 0.516. The fraction of sp³-hybridized carbons (Fsp3) is 0.222. The van der Waals surface area contributed by atoms with Crippen molar-refractivity contribution in [1.82, 2.24) is 10.2 Å². The lowest BCUT2D eigenvalue weighted by Crippen LogP contribution is -1.90. The van der Waals surface area contributed by atoms with Crippen molar-refractivity contribution < 1.29 is 9.47 Å². The lowest BCUT2D eigenvalue weighted by atomic mass is 10.1. The second-order valence-corrected chi connectivity index (χ2v) is 7.54. The zero-order valence-corrected chi connectivity index (χ0v) is 16.9. The van der Waals surface area contributed by atoms with E-state index in [1.807, 2.05) is 18.2 Å². The number of aromatic nitrogens is 2. The number of methoxy groups -OCH3 is 2. The largest absolute Gasteiger partial charge is 0.493 e. The number of nitrogens with zero attached hydrogens (tertiary/aromatic N) is 2. The van der Waals surface area contributed by atoms with Crippen LogP contribution in [0.5, 0.6) is 11.5 Å². The molecule has 0 saturated heterocycles. The van der Waals surface area contributed by atoms with Crippen molar-refractivity contribution in [2.75, 3.05) is 14.2 Å². The zero-order chi connectivity index (χ0) is 17.3. The van der Waals surface area contributed by atoms with Crippen LogP contribution in [0.3, 0.4) is 0 Å². The van der Waals surface area contributed by atoms with E-state index in [9.17, 15) is 0 Å². The van der Waals surface area contributed by atoms with E-state index in [1.165, 1.54) is 14.7 Å². The predicted molar refractivity (Wildman–Crippen MR) is 106 cm³/mol. The topological polar surface area (TPSA) is 44.2 Å². The normalized spacial score (nSPS) is 10.7. The summed E-state index contributed by atoms with van der Waals surface area (Å²) in [7, 11) is 3.26. The third-order valence-corrected chi connectivity index (χ3v) is 5.77. The Morgan fingerprint density at radius 1 is 0.875 bits per heavy atom. The Labute approximate surface area is 159 Å². The highest BCUT2D eigenvalue weighted by Crippen LogP contribution is 2.37. The maximum Gasteiger partial charge on any atom is 0.161 e. The highest BCUT2D eigenvalue weighted by molar-refractivity contribution is 14.1. The van der Waals surface area contributed by atoms with Crippen LogP contribution in [0.1, 0.15) is 11.1 Å². The van der Waals surface area contributed by atoms with Gasteiger partial charge in [0, 0.05) is 14.7 Å². The third-order valence-electron chi connectivity index (χ3n) is 3.87. The first-order valence-electron chi connectivity index (χ1n) is 7.36. The van der Waals surface area contributed by atoms with Gasteiger partial charge in [-0.1, -0.05) is 11.3 Å². The van der Waals surface area contributed by atoms with Gasteiger partial charge in [-0.15, -0.1) is 10.2 Å². The average Bonchev–Trinajstić information content (AvgIpc) is 3.07. The smallest absolute Gasteiger partial charge is 0.161 e. The number of hydrogen-bond donors (Lipinski definition) is 0. The molecule has 4 nitrogen and oxygen atoms in total. The molecule has 3 aromatic rings. The highest BCUT2D eigenvalue weighted by atomic mass is 127. The summed E-state index contributed by atoms with van der Waals surface area (Å²) in [6.45, 7) is 4.24. The first kappa shape index (κ1) is 17.2. The number of benzene rings is 2. The molecule has 0 aliphatic carbocycles. The summed E-state index contributed by atoms with van der Waals surface area (Å²) < 4.78 is 11.8. The molecular weight excluding hydrogens is 435 g/mol. The van der Waals surface area contributed by atoms with E-state index in [1.54, 1.807) is 25.6 Å². The van der Waals surface area contributed by atoms with Crippen LogP contribution >= 0.6 is 33.9 Å². The fourth-order valence-corrected chi connectivity index (χ4v) is 4.29. The molecule has 24 heavy (non-hydrogen) atoms. The van der Waals surface area contributed by atoms with E-state index in [2.05, 4.69) is 58.8 Å². The minimum Gasteiger partial charge on any atom is -0.493 e. The van der Waals surface area contributed by atoms with Crippen molar-refractivity contribution in [3.63, 3.8) is 0 Å². The Bertz CT molecular complexity index is 893. The van der Waals surface area contributed by atoms with Crippen LogP contribution in [0, 0.1) is 17.4 Å². The van der Waals surface area contributed by atoms with E-state index < -0.39 is 0 Å². The lowest BCUT2D eigenvalue weighted by molar-refractivity contribution is 0.355. The molecule has 0 aliphatic heterocycles. The van der Waals surface area contributed by atoms with Crippen LogP contribution < -0.4 is 9.47 Å². The number of hydrogen-bond acceptors (Lipinski definition) is 5. The van der Waals surface area contributed by atoms with E-state index in [4.69, 9.17) is 9.47 Å². The van der Waals surface area contributed by atoms with E-state index in [0.29, 0.717) is 11.5 Å². The second kappa shape index (κ2) is 7.06. The maximum absolute atomic E-state index is 5.37. The van der Waals surface area contributed by atoms with Crippen LogP contribution in [-0.4, -0.2) is 24.4 Å². The molecule has 1 aromatic heterocycles. The van der Waals surface area contributed by atoms with Crippen LogP contribution in [0.4, 0.5) is 0 Å². The number of aryl methyl sites for hydroxylation is 2. The minimum atomic E-state index is 0.688. The predicted octanol–water partition coefficient (Wildman–Crippen LogP) is 5.11. The van der Waals surface area contributed by atoms with Gasteiger partial charge in [-0.05, 0) is 77.9 Å². The number of ether oxygens (including phenoxy) is 2. The summed E-state index contributed by atoms with van der Waals surface area (Å²) in [4.78, 5) is 0. The summed E-state index contributed by atoms with van der Waals surface area (Å²) in [6.07, 6.45) is 0. The van der Waals surface area contributed by atoms with E-state index in [0.717, 1.165) is 21.1 Å². The molecule has 0 N–H and O–H groups in total. The molecule has 0 spiro atoms. The molecular formula is C18H17IN2O2S. The SMILES string of the molecule is COc1ccc(-c2nnc(-c3cc(C)c(C)cc3I)s2)cc1OC. The lowest BCUT2D eigenvalue weighted by Gasteiger charge is -2.08. The standard InChI is InChI=1S/C18H17IN2O2S/c1-10-7-13(14(19)8-11(10)2)18-21-20-17(24-18)12-5-6-15(22-3)16(9-12)23-4/h5-9H,1-4H3. The van der Waals surface area contributed by atoms with Crippen molar-refractivity contribution in [2.24, 2.45) is 0 Å². The summed E-state index contributed by atoms with van der Waals surface area (Å²) in [5, 5.41) is 10.5. The van der Waals surface area contributed by atoms with Gasteiger partial charge in [-0.25, -0.2) is 0 Å². The molecule has 0 bridgehead atoms. The number of rotatable bonds is 4.